The Morgan fingerprint density at radius 3 is 2.51 bits per heavy atom. The van der Waals surface area contributed by atoms with E-state index in [1.807, 2.05) is 6.20 Å². The van der Waals surface area contributed by atoms with Crippen molar-refractivity contribution in [1.82, 2.24) is 20.1 Å². The third kappa shape index (κ3) is 5.92. The molecule has 0 amide bonds. The van der Waals surface area contributed by atoms with Gasteiger partial charge in [-0.05, 0) is 62.3 Å². The summed E-state index contributed by atoms with van der Waals surface area (Å²) in [6.07, 6.45) is 3.84. The average Bonchev–Trinajstić information content (AvgIpc) is 3.51. The number of rotatable bonds is 5. The van der Waals surface area contributed by atoms with Crippen molar-refractivity contribution < 1.29 is 22.1 Å². The molecule has 2 aromatic heterocycles. The molecule has 2 aromatic carbocycles. The van der Waals surface area contributed by atoms with Crippen molar-refractivity contribution in [3.63, 3.8) is 0 Å². The first-order chi connectivity index (χ1) is 17.8. The van der Waals surface area contributed by atoms with Gasteiger partial charge in [-0.2, -0.15) is 18.2 Å². The van der Waals surface area contributed by atoms with Gasteiger partial charge < -0.3 is 9.51 Å². The van der Waals surface area contributed by atoms with Gasteiger partial charge in [0.25, 0.3) is 0 Å². The monoisotopic (exact) mass is 512 g/mol. The molecule has 1 N–H and O–H groups in total. The molecule has 1 saturated carbocycles. The van der Waals surface area contributed by atoms with Crippen LogP contribution in [0.2, 0.25) is 0 Å². The van der Waals surface area contributed by atoms with Crippen LogP contribution in [-0.4, -0.2) is 20.1 Å². The first-order valence-corrected chi connectivity index (χ1v) is 12.6. The van der Waals surface area contributed by atoms with Crippen molar-refractivity contribution in [2.45, 2.75) is 64.0 Å². The highest BCUT2D eigenvalue weighted by atomic mass is 19.4. The zero-order valence-corrected chi connectivity index (χ0v) is 20.5. The average molecular weight is 513 g/mol. The van der Waals surface area contributed by atoms with Crippen LogP contribution in [0.4, 0.5) is 17.6 Å². The Bertz CT molecular complexity index is 1340. The minimum Gasteiger partial charge on any atom is -0.342 e. The van der Waals surface area contributed by atoms with Crippen molar-refractivity contribution in [1.29, 1.82) is 0 Å². The molecule has 0 spiro atoms. The maximum absolute atomic E-state index is 13.6. The van der Waals surface area contributed by atoms with E-state index >= 15 is 0 Å². The third-order valence-electron chi connectivity index (χ3n) is 7.14. The molecule has 0 saturated heterocycles. The van der Waals surface area contributed by atoms with Gasteiger partial charge in [-0.1, -0.05) is 47.8 Å². The lowest BCUT2D eigenvalue weighted by atomic mass is 9.83. The summed E-state index contributed by atoms with van der Waals surface area (Å²) in [5.74, 6) is 0.750. The van der Waals surface area contributed by atoms with Crippen molar-refractivity contribution in [3.8, 4) is 22.6 Å². The van der Waals surface area contributed by atoms with Crippen molar-refractivity contribution in [2.24, 2.45) is 5.92 Å². The van der Waals surface area contributed by atoms with Gasteiger partial charge in [0.2, 0.25) is 11.7 Å². The second kappa shape index (κ2) is 10.5. The molecule has 4 aromatic rings. The topological polar surface area (TPSA) is 67.6 Å². The van der Waals surface area contributed by atoms with Gasteiger partial charge in [-0.3, -0.25) is 0 Å². The van der Waals surface area contributed by atoms with Gasteiger partial charge >= 0.3 is 6.18 Å². The number of halogens is 4. The number of aryl methyl sites for hydroxylation is 1. The number of hydrogen-bond donors (Lipinski definition) is 1. The standard InChI is InChI=1S/C28H28F4N4O/c1-17-6-9-19(10-7-17)24-16-33-26(34-24)20-5-3-2-4-18(8-11-20)14-25-35-27(36-37-25)21-12-13-23(29)22(15-21)28(30,31)32/h6-7,9-10,12-13,15-16,18,20H,2-5,8,11,14H2,1H3,(H,33,34). The number of nitrogens with one attached hydrogen (secondary N) is 1. The molecule has 37 heavy (non-hydrogen) atoms. The van der Waals surface area contributed by atoms with Crippen LogP contribution in [0.5, 0.6) is 0 Å². The molecule has 1 fully saturated rings. The zero-order valence-electron chi connectivity index (χ0n) is 20.5. The second-order valence-corrected chi connectivity index (χ2v) is 9.88. The molecular formula is C28H28F4N4O. The van der Waals surface area contributed by atoms with Gasteiger partial charge in [-0.25, -0.2) is 9.37 Å². The van der Waals surface area contributed by atoms with Crippen LogP contribution in [0.1, 0.15) is 67.3 Å². The van der Waals surface area contributed by atoms with E-state index in [9.17, 15) is 17.6 Å². The van der Waals surface area contributed by atoms with Crippen LogP contribution in [0, 0.1) is 18.7 Å². The van der Waals surface area contributed by atoms with E-state index in [4.69, 9.17) is 4.52 Å². The molecule has 5 rings (SSSR count). The number of aromatic amines is 1. The predicted octanol–water partition coefficient (Wildman–Crippen LogP) is 7.89. The summed E-state index contributed by atoms with van der Waals surface area (Å²) in [5, 5.41) is 3.86. The molecule has 5 nitrogen and oxygen atoms in total. The maximum atomic E-state index is 13.6. The molecule has 0 aliphatic heterocycles. The lowest BCUT2D eigenvalue weighted by molar-refractivity contribution is -0.139. The first-order valence-electron chi connectivity index (χ1n) is 12.6. The summed E-state index contributed by atoms with van der Waals surface area (Å²) >= 11 is 0. The van der Waals surface area contributed by atoms with Crippen LogP contribution in [-0.2, 0) is 12.6 Å². The molecule has 2 atom stereocenters. The van der Waals surface area contributed by atoms with Gasteiger partial charge in [0.15, 0.2) is 0 Å². The number of nitrogens with zero attached hydrogens (tertiary/aromatic N) is 3. The summed E-state index contributed by atoms with van der Waals surface area (Å²) in [4.78, 5) is 12.5. The lowest BCUT2D eigenvalue weighted by Crippen LogP contribution is -2.12. The molecule has 2 unspecified atom stereocenters. The second-order valence-electron chi connectivity index (χ2n) is 9.88. The third-order valence-corrected chi connectivity index (χ3v) is 7.14. The minimum absolute atomic E-state index is 0.0310. The molecule has 0 bridgehead atoms. The Labute approximate surface area is 212 Å². The summed E-state index contributed by atoms with van der Waals surface area (Å²) in [6.45, 7) is 2.06. The van der Waals surface area contributed by atoms with E-state index in [0.29, 0.717) is 24.1 Å². The summed E-state index contributed by atoms with van der Waals surface area (Å²) in [7, 11) is 0. The van der Waals surface area contributed by atoms with Crippen LogP contribution >= 0.6 is 0 Å². The Morgan fingerprint density at radius 1 is 0.973 bits per heavy atom. The maximum Gasteiger partial charge on any atom is 0.419 e. The Hall–Kier alpha value is -3.49. The smallest absolute Gasteiger partial charge is 0.342 e. The quantitative estimate of drug-likeness (QED) is 0.276. The first kappa shape index (κ1) is 25.2. The van der Waals surface area contributed by atoms with Crippen LogP contribution in [0.3, 0.4) is 0 Å². The van der Waals surface area contributed by atoms with E-state index in [-0.39, 0.29) is 11.4 Å². The van der Waals surface area contributed by atoms with Gasteiger partial charge in [0, 0.05) is 17.9 Å². The van der Waals surface area contributed by atoms with E-state index in [2.05, 4.69) is 51.3 Å². The Balaban J connectivity index is 1.24. The molecule has 2 heterocycles. The Kier molecular flexibility index (Phi) is 7.13. The molecular weight excluding hydrogens is 484 g/mol. The highest BCUT2D eigenvalue weighted by Crippen LogP contribution is 2.35. The van der Waals surface area contributed by atoms with E-state index in [1.54, 1.807) is 0 Å². The SMILES string of the molecule is Cc1ccc(-c2cnc(C3CCCCC(Cc4nc(-c5ccc(F)c(C(F)(F)F)c5)no4)CC3)[nH]2)cc1. The van der Waals surface area contributed by atoms with Crippen molar-refractivity contribution >= 4 is 0 Å². The number of imidazole rings is 1. The molecule has 1 aliphatic rings. The summed E-state index contributed by atoms with van der Waals surface area (Å²) in [5.41, 5.74) is 2.08. The fourth-order valence-corrected chi connectivity index (χ4v) is 5.03. The highest BCUT2D eigenvalue weighted by Gasteiger charge is 2.34. The van der Waals surface area contributed by atoms with E-state index < -0.39 is 17.6 Å². The zero-order chi connectivity index (χ0) is 26.0. The fraction of sp³-hybridized carbons (Fsp3) is 0.393. The number of alkyl halides is 3. The molecule has 9 heteroatoms. The summed E-state index contributed by atoms with van der Waals surface area (Å²) in [6, 6.07) is 11.1. The largest absolute Gasteiger partial charge is 0.419 e. The lowest BCUT2D eigenvalue weighted by Gasteiger charge is -2.23. The van der Waals surface area contributed by atoms with Crippen LogP contribution < -0.4 is 0 Å². The minimum atomic E-state index is -4.79. The molecule has 1 aliphatic carbocycles. The summed E-state index contributed by atoms with van der Waals surface area (Å²) < 4.78 is 58.2. The molecule has 194 valence electrons. The predicted molar refractivity (Wildman–Crippen MR) is 131 cm³/mol. The van der Waals surface area contributed by atoms with Crippen LogP contribution in [0.25, 0.3) is 22.6 Å². The number of benzene rings is 2. The van der Waals surface area contributed by atoms with E-state index in [0.717, 1.165) is 67.7 Å². The van der Waals surface area contributed by atoms with Crippen molar-refractivity contribution in [2.75, 3.05) is 0 Å². The normalized spacial score (nSPS) is 18.9. The number of hydrogen-bond acceptors (Lipinski definition) is 4. The van der Waals surface area contributed by atoms with Gasteiger partial charge in [-0.15, -0.1) is 0 Å². The number of H-pyrrole nitrogens is 1. The van der Waals surface area contributed by atoms with E-state index in [1.165, 1.54) is 11.6 Å². The highest BCUT2D eigenvalue weighted by molar-refractivity contribution is 5.59. The van der Waals surface area contributed by atoms with Gasteiger partial charge in [0.1, 0.15) is 11.6 Å². The number of aromatic nitrogens is 4. The van der Waals surface area contributed by atoms with Crippen molar-refractivity contribution in [3.05, 3.63) is 77.3 Å². The Morgan fingerprint density at radius 2 is 1.73 bits per heavy atom. The van der Waals surface area contributed by atoms with Gasteiger partial charge in [0.05, 0.1) is 17.5 Å². The molecule has 0 radical (unpaired) electrons. The van der Waals surface area contributed by atoms with Crippen LogP contribution in [0.15, 0.2) is 53.2 Å². The fourth-order valence-electron chi connectivity index (χ4n) is 5.03.